The predicted octanol–water partition coefficient (Wildman–Crippen LogP) is 0.649. The zero-order valence-electron chi connectivity index (χ0n) is 11.2. The first-order valence-electron chi connectivity index (χ1n) is 6.44. The predicted molar refractivity (Wildman–Crippen MR) is 72.4 cm³/mol. The third-order valence-electron chi connectivity index (χ3n) is 3.15. The number of hydrogen-bond acceptors (Lipinski definition) is 4. The molecular formula is C12H20N4O2. The molecule has 0 aliphatic carbocycles. The Morgan fingerprint density at radius 1 is 1.11 bits per heavy atom. The maximum absolute atomic E-state index is 12.3. The van der Waals surface area contributed by atoms with Crippen LogP contribution >= 0.6 is 0 Å². The minimum Gasteiger partial charge on any atom is -0.360 e. The summed E-state index contributed by atoms with van der Waals surface area (Å²) in [6, 6.07) is 0. The van der Waals surface area contributed by atoms with Gasteiger partial charge in [0.2, 0.25) is 0 Å². The highest BCUT2D eigenvalue weighted by Crippen LogP contribution is 2.24. The van der Waals surface area contributed by atoms with Crippen molar-refractivity contribution in [3.05, 3.63) is 20.8 Å². The van der Waals surface area contributed by atoms with Crippen molar-refractivity contribution in [1.82, 2.24) is 9.13 Å². The van der Waals surface area contributed by atoms with Gasteiger partial charge in [-0.3, -0.25) is 13.9 Å². The minimum absolute atomic E-state index is 0.196. The van der Waals surface area contributed by atoms with E-state index in [1.165, 1.54) is 4.57 Å². The molecule has 0 saturated heterocycles. The molecule has 0 bridgehead atoms. The van der Waals surface area contributed by atoms with E-state index in [-0.39, 0.29) is 11.2 Å². The molecule has 1 aliphatic rings. The zero-order chi connectivity index (χ0) is 13.3. The standard InChI is InChI=1S/C12H20N4O2/c1-4-6-15-10-9(13-8-14(10)3)11(17)16(7-5-2)12(15)18/h13H,4-8H2,1-3H3. The average Bonchev–Trinajstić information content (AvgIpc) is 2.72. The van der Waals surface area contributed by atoms with Gasteiger partial charge in [0.15, 0.2) is 0 Å². The van der Waals surface area contributed by atoms with Crippen molar-refractivity contribution < 1.29 is 0 Å². The lowest BCUT2D eigenvalue weighted by Gasteiger charge is -2.18. The number of anilines is 2. The van der Waals surface area contributed by atoms with E-state index in [2.05, 4.69) is 5.32 Å². The van der Waals surface area contributed by atoms with Crippen LogP contribution in [0.4, 0.5) is 11.5 Å². The van der Waals surface area contributed by atoms with E-state index in [0.717, 1.165) is 18.7 Å². The highest BCUT2D eigenvalue weighted by atomic mass is 16.2. The second-order valence-electron chi connectivity index (χ2n) is 4.62. The third-order valence-corrected chi connectivity index (χ3v) is 3.15. The topological polar surface area (TPSA) is 59.3 Å². The van der Waals surface area contributed by atoms with Gasteiger partial charge in [-0.2, -0.15) is 0 Å². The molecule has 0 amide bonds. The van der Waals surface area contributed by atoms with Gasteiger partial charge >= 0.3 is 5.69 Å². The fourth-order valence-corrected chi connectivity index (χ4v) is 2.36. The summed E-state index contributed by atoms with van der Waals surface area (Å²) in [5, 5.41) is 3.08. The fraction of sp³-hybridized carbons (Fsp3) is 0.667. The molecule has 1 aromatic heterocycles. The molecule has 0 fully saturated rings. The first kappa shape index (κ1) is 12.7. The molecule has 100 valence electrons. The Labute approximate surface area is 106 Å². The molecule has 6 nitrogen and oxygen atoms in total. The smallest absolute Gasteiger partial charge is 0.332 e. The Morgan fingerprint density at radius 2 is 1.72 bits per heavy atom. The average molecular weight is 252 g/mol. The van der Waals surface area contributed by atoms with Crippen LogP contribution in [-0.4, -0.2) is 22.9 Å². The highest BCUT2D eigenvalue weighted by Gasteiger charge is 2.25. The fourth-order valence-electron chi connectivity index (χ4n) is 2.36. The van der Waals surface area contributed by atoms with E-state index in [0.29, 0.717) is 25.4 Å². The van der Waals surface area contributed by atoms with Gasteiger partial charge in [-0.25, -0.2) is 4.79 Å². The van der Waals surface area contributed by atoms with Crippen LogP contribution in [-0.2, 0) is 13.1 Å². The van der Waals surface area contributed by atoms with Crippen LogP contribution in [0.1, 0.15) is 26.7 Å². The largest absolute Gasteiger partial charge is 0.360 e. The van der Waals surface area contributed by atoms with Crippen molar-refractivity contribution in [1.29, 1.82) is 0 Å². The summed E-state index contributed by atoms with van der Waals surface area (Å²) in [5.74, 6) is 0.721. The van der Waals surface area contributed by atoms with Gasteiger partial charge in [0.25, 0.3) is 5.56 Å². The summed E-state index contributed by atoms with van der Waals surface area (Å²) in [5.41, 5.74) is 0.158. The highest BCUT2D eigenvalue weighted by molar-refractivity contribution is 5.69. The summed E-state index contributed by atoms with van der Waals surface area (Å²) in [7, 11) is 1.88. The first-order valence-corrected chi connectivity index (χ1v) is 6.44. The molecule has 0 spiro atoms. The van der Waals surface area contributed by atoms with E-state index in [1.54, 1.807) is 4.57 Å². The van der Waals surface area contributed by atoms with Crippen LogP contribution in [0, 0.1) is 0 Å². The molecular weight excluding hydrogens is 232 g/mol. The van der Waals surface area contributed by atoms with Gasteiger partial charge in [0, 0.05) is 20.1 Å². The maximum atomic E-state index is 12.3. The van der Waals surface area contributed by atoms with Gasteiger partial charge in [-0.05, 0) is 12.8 Å². The molecule has 2 rings (SSSR count). The van der Waals surface area contributed by atoms with Crippen molar-refractivity contribution >= 4 is 11.5 Å². The van der Waals surface area contributed by atoms with E-state index < -0.39 is 0 Å². The van der Waals surface area contributed by atoms with Gasteiger partial charge < -0.3 is 10.2 Å². The number of nitrogens with one attached hydrogen (secondary N) is 1. The molecule has 2 heterocycles. The summed E-state index contributed by atoms with van der Waals surface area (Å²) >= 11 is 0. The molecule has 6 heteroatoms. The summed E-state index contributed by atoms with van der Waals surface area (Å²) < 4.78 is 3.03. The normalized spacial score (nSPS) is 13.6. The first-order chi connectivity index (χ1) is 8.61. The Morgan fingerprint density at radius 3 is 2.33 bits per heavy atom. The van der Waals surface area contributed by atoms with Crippen molar-refractivity contribution in [3.63, 3.8) is 0 Å². The van der Waals surface area contributed by atoms with Crippen molar-refractivity contribution in [2.24, 2.45) is 0 Å². The third kappa shape index (κ3) is 1.81. The molecule has 0 unspecified atom stereocenters. The van der Waals surface area contributed by atoms with Crippen LogP contribution in [0.5, 0.6) is 0 Å². The van der Waals surface area contributed by atoms with Gasteiger partial charge in [0.1, 0.15) is 11.5 Å². The number of hydrogen-bond donors (Lipinski definition) is 1. The van der Waals surface area contributed by atoms with E-state index in [4.69, 9.17) is 0 Å². The van der Waals surface area contributed by atoms with Gasteiger partial charge in [0.05, 0.1) is 6.67 Å². The second kappa shape index (κ2) is 4.88. The number of nitrogens with zero attached hydrogens (tertiary/aromatic N) is 3. The number of fused-ring (bicyclic) bond motifs is 1. The molecule has 1 aliphatic heterocycles. The molecule has 0 radical (unpaired) electrons. The van der Waals surface area contributed by atoms with E-state index in [1.807, 2.05) is 25.8 Å². The van der Waals surface area contributed by atoms with Gasteiger partial charge in [-0.1, -0.05) is 13.8 Å². The Balaban J connectivity index is 2.72. The van der Waals surface area contributed by atoms with Crippen LogP contribution in [0.3, 0.4) is 0 Å². The summed E-state index contributed by atoms with van der Waals surface area (Å²) in [6.45, 7) is 5.67. The molecule has 0 aromatic carbocycles. The van der Waals surface area contributed by atoms with Gasteiger partial charge in [-0.15, -0.1) is 0 Å². The second-order valence-corrected chi connectivity index (χ2v) is 4.62. The van der Waals surface area contributed by atoms with Crippen molar-refractivity contribution in [3.8, 4) is 0 Å². The summed E-state index contributed by atoms with van der Waals surface area (Å²) in [6.07, 6.45) is 1.64. The van der Waals surface area contributed by atoms with E-state index in [9.17, 15) is 9.59 Å². The van der Waals surface area contributed by atoms with Crippen LogP contribution < -0.4 is 21.5 Å². The number of aromatic nitrogens is 2. The SMILES string of the molecule is CCCn1c2c(c(=O)n(CCC)c1=O)NCN2C. The van der Waals surface area contributed by atoms with Crippen molar-refractivity contribution in [2.45, 2.75) is 39.8 Å². The Kier molecular flexibility index (Phi) is 3.45. The minimum atomic E-state index is -0.200. The molecule has 18 heavy (non-hydrogen) atoms. The van der Waals surface area contributed by atoms with E-state index >= 15 is 0 Å². The molecule has 1 aromatic rings. The quantitative estimate of drug-likeness (QED) is 0.854. The summed E-state index contributed by atoms with van der Waals surface area (Å²) in [4.78, 5) is 26.5. The Hall–Kier alpha value is -1.72. The molecule has 0 saturated carbocycles. The zero-order valence-corrected chi connectivity index (χ0v) is 11.2. The van der Waals surface area contributed by atoms with Crippen LogP contribution in [0.15, 0.2) is 9.59 Å². The van der Waals surface area contributed by atoms with Crippen LogP contribution in [0.25, 0.3) is 0 Å². The Bertz CT molecular complexity index is 558. The monoisotopic (exact) mass is 252 g/mol. The lowest BCUT2D eigenvalue weighted by atomic mass is 10.4. The number of rotatable bonds is 4. The lowest BCUT2D eigenvalue weighted by Crippen LogP contribution is -2.41. The molecule has 0 atom stereocenters. The maximum Gasteiger partial charge on any atom is 0.332 e. The van der Waals surface area contributed by atoms with Crippen molar-refractivity contribution in [2.75, 3.05) is 23.9 Å². The molecule has 1 N–H and O–H groups in total. The van der Waals surface area contributed by atoms with Crippen LogP contribution in [0.2, 0.25) is 0 Å². The lowest BCUT2D eigenvalue weighted by molar-refractivity contribution is 0.545.